The second-order valence-corrected chi connectivity index (χ2v) is 4.00. The lowest BCUT2D eigenvalue weighted by Crippen LogP contribution is -2.30. The van der Waals surface area contributed by atoms with Crippen LogP contribution in [0.5, 0.6) is 0 Å². The Morgan fingerprint density at radius 3 is 2.50 bits per heavy atom. The van der Waals surface area contributed by atoms with Crippen molar-refractivity contribution in [2.45, 2.75) is 12.8 Å². The first-order valence-corrected chi connectivity index (χ1v) is 5.27. The van der Waals surface area contributed by atoms with Gasteiger partial charge in [-0.15, -0.1) is 0 Å². The molecule has 1 aliphatic heterocycles. The summed E-state index contributed by atoms with van der Waals surface area (Å²) >= 11 is 0. The zero-order valence-corrected chi connectivity index (χ0v) is 7.51. The van der Waals surface area contributed by atoms with Gasteiger partial charge >= 0.3 is 10.4 Å². The minimum absolute atomic E-state index is 0.0977. The predicted molar refractivity (Wildman–Crippen MR) is 43.1 cm³/mol. The average Bonchev–Trinajstić information content (AvgIpc) is 2.02. The van der Waals surface area contributed by atoms with Crippen LogP contribution in [0.3, 0.4) is 0 Å². The van der Waals surface area contributed by atoms with Crippen LogP contribution in [0.4, 0.5) is 0 Å². The van der Waals surface area contributed by atoms with Gasteiger partial charge in [-0.25, -0.2) is 4.18 Å². The van der Waals surface area contributed by atoms with Crippen molar-refractivity contribution in [1.29, 1.82) is 0 Å². The molecule has 0 amide bonds. The summed E-state index contributed by atoms with van der Waals surface area (Å²) in [5.41, 5.74) is 0. The maximum atomic E-state index is 10.2. The van der Waals surface area contributed by atoms with Crippen molar-refractivity contribution in [1.82, 2.24) is 5.32 Å². The van der Waals surface area contributed by atoms with Crippen molar-refractivity contribution in [3.05, 3.63) is 0 Å². The minimum atomic E-state index is -4.24. The lowest BCUT2D eigenvalue weighted by molar-refractivity contribution is 0.197. The summed E-state index contributed by atoms with van der Waals surface area (Å²) in [6.45, 7) is 1.87. The van der Waals surface area contributed by atoms with E-state index in [1.807, 2.05) is 0 Å². The molecule has 1 aliphatic rings. The highest BCUT2D eigenvalue weighted by atomic mass is 32.3. The molecule has 1 rings (SSSR count). The zero-order valence-electron chi connectivity index (χ0n) is 6.69. The second-order valence-electron chi connectivity index (χ2n) is 2.91. The minimum Gasteiger partial charge on any atom is -0.317 e. The topological polar surface area (TPSA) is 75.6 Å². The Morgan fingerprint density at radius 1 is 1.42 bits per heavy atom. The number of nitrogens with one attached hydrogen (secondary N) is 1. The van der Waals surface area contributed by atoms with Gasteiger partial charge in [0.1, 0.15) is 0 Å². The molecule has 0 aromatic carbocycles. The summed E-state index contributed by atoms with van der Waals surface area (Å²) in [4.78, 5) is 0. The largest absolute Gasteiger partial charge is 0.397 e. The molecule has 1 heterocycles. The standard InChI is InChI=1S/C6H13NO4S/c8-12(9,10)11-5-6-1-3-7-4-2-6/h6-7H,1-5H2,(H,8,9,10). The first kappa shape index (κ1) is 9.91. The van der Waals surface area contributed by atoms with Gasteiger partial charge < -0.3 is 5.32 Å². The normalized spacial score (nSPS) is 21.1. The van der Waals surface area contributed by atoms with Crippen LogP contribution in [0.1, 0.15) is 12.8 Å². The van der Waals surface area contributed by atoms with Gasteiger partial charge in [0.25, 0.3) is 0 Å². The molecule has 0 atom stereocenters. The van der Waals surface area contributed by atoms with Crippen LogP contribution in [0.15, 0.2) is 0 Å². The van der Waals surface area contributed by atoms with Crippen LogP contribution in [0.25, 0.3) is 0 Å². The Hall–Kier alpha value is -0.170. The van der Waals surface area contributed by atoms with Crippen molar-refractivity contribution in [2.75, 3.05) is 19.7 Å². The van der Waals surface area contributed by atoms with Crippen LogP contribution < -0.4 is 5.32 Å². The van der Waals surface area contributed by atoms with Crippen LogP contribution >= 0.6 is 0 Å². The van der Waals surface area contributed by atoms with E-state index in [1.165, 1.54) is 0 Å². The van der Waals surface area contributed by atoms with Crippen molar-refractivity contribution in [3.8, 4) is 0 Å². The maximum Gasteiger partial charge on any atom is 0.397 e. The maximum absolute atomic E-state index is 10.2. The van der Waals surface area contributed by atoms with E-state index in [9.17, 15) is 8.42 Å². The molecule has 0 saturated carbocycles. The Morgan fingerprint density at radius 2 is 2.00 bits per heavy atom. The molecule has 72 valence electrons. The van der Waals surface area contributed by atoms with Gasteiger partial charge in [0, 0.05) is 0 Å². The molecule has 0 aliphatic carbocycles. The highest BCUT2D eigenvalue weighted by molar-refractivity contribution is 7.80. The van der Waals surface area contributed by atoms with Crippen LogP contribution in [0.2, 0.25) is 0 Å². The SMILES string of the molecule is O=S(=O)(O)OCC1CCNCC1. The molecule has 1 saturated heterocycles. The fourth-order valence-corrected chi connectivity index (χ4v) is 1.60. The Kier molecular flexibility index (Phi) is 3.45. The monoisotopic (exact) mass is 195 g/mol. The Balaban J connectivity index is 2.22. The van der Waals surface area contributed by atoms with E-state index in [2.05, 4.69) is 9.50 Å². The molecule has 2 N–H and O–H groups in total. The molecule has 6 heteroatoms. The number of piperidine rings is 1. The van der Waals surface area contributed by atoms with Crippen molar-refractivity contribution in [3.63, 3.8) is 0 Å². The summed E-state index contributed by atoms with van der Waals surface area (Å²) < 4.78 is 32.9. The van der Waals surface area contributed by atoms with E-state index in [0.717, 1.165) is 25.9 Å². The summed E-state index contributed by atoms with van der Waals surface area (Å²) in [6.07, 6.45) is 1.80. The lowest BCUT2D eigenvalue weighted by atomic mass is 10.00. The fraction of sp³-hybridized carbons (Fsp3) is 1.00. The van der Waals surface area contributed by atoms with Gasteiger partial charge in [-0.3, -0.25) is 4.55 Å². The first-order valence-electron chi connectivity index (χ1n) is 3.90. The predicted octanol–water partition coefficient (Wildman–Crippen LogP) is -0.195. The highest BCUT2D eigenvalue weighted by Gasteiger charge is 2.15. The van der Waals surface area contributed by atoms with E-state index in [0.29, 0.717) is 0 Å². The molecule has 0 unspecified atom stereocenters. The molecule has 5 nitrogen and oxygen atoms in total. The van der Waals surface area contributed by atoms with Gasteiger partial charge in [-0.1, -0.05) is 0 Å². The summed E-state index contributed by atoms with van der Waals surface area (Å²) in [6, 6.07) is 0. The third-order valence-electron chi connectivity index (χ3n) is 1.91. The molecule has 0 bridgehead atoms. The van der Waals surface area contributed by atoms with Crippen LogP contribution in [-0.2, 0) is 14.6 Å². The number of rotatable bonds is 3. The fourth-order valence-electron chi connectivity index (χ4n) is 1.23. The third kappa shape index (κ3) is 4.01. The molecule has 0 radical (unpaired) electrons. The quantitative estimate of drug-likeness (QED) is 0.610. The van der Waals surface area contributed by atoms with Gasteiger partial charge in [0.05, 0.1) is 6.61 Å². The van der Waals surface area contributed by atoms with Gasteiger partial charge in [-0.05, 0) is 31.8 Å². The van der Waals surface area contributed by atoms with Crippen LogP contribution in [0, 0.1) is 5.92 Å². The molecule has 0 aromatic rings. The lowest BCUT2D eigenvalue weighted by Gasteiger charge is -2.21. The van der Waals surface area contributed by atoms with Gasteiger partial charge in [-0.2, -0.15) is 8.42 Å². The highest BCUT2D eigenvalue weighted by Crippen LogP contribution is 2.12. The van der Waals surface area contributed by atoms with E-state index in [1.54, 1.807) is 0 Å². The molecular weight excluding hydrogens is 182 g/mol. The van der Waals surface area contributed by atoms with Gasteiger partial charge in [0.2, 0.25) is 0 Å². The Labute approximate surface area is 72.1 Å². The Bertz CT molecular complexity index is 220. The average molecular weight is 195 g/mol. The van der Waals surface area contributed by atoms with Crippen molar-refractivity contribution in [2.24, 2.45) is 5.92 Å². The second kappa shape index (κ2) is 4.18. The van der Waals surface area contributed by atoms with Gasteiger partial charge in [0.15, 0.2) is 0 Å². The summed E-state index contributed by atoms with van der Waals surface area (Å²) in [5.74, 6) is 0.244. The molecule has 1 fully saturated rings. The zero-order chi connectivity index (χ0) is 9.03. The van der Waals surface area contributed by atoms with Crippen LogP contribution in [-0.4, -0.2) is 32.7 Å². The van der Waals surface area contributed by atoms with E-state index < -0.39 is 10.4 Å². The third-order valence-corrected chi connectivity index (χ3v) is 2.35. The molecule has 0 aromatic heterocycles. The first-order chi connectivity index (χ1) is 5.58. The number of hydrogen-bond acceptors (Lipinski definition) is 4. The molecule has 12 heavy (non-hydrogen) atoms. The summed E-state index contributed by atoms with van der Waals surface area (Å²) in [5, 5.41) is 3.14. The van der Waals surface area contributed by atoms with E-state index in [-0.39, 0.29) is 12.5 Å². The molecule has 0 spiro atoms. The van der Waals surface area contributed by atoms with E-state index in [4.69, 9.17) is 4.55 Å². The van der Waals surface area contributed by atoms with E-state index >= 15 is 0 Å². The number of hydrogen-bond donors (Lipinski definition) is 2. The van der Waals surface area contributed by atoms with Crippen molar-refractivity contribution >= 4 is 10.4 Å². The smallest absolute Gasteiger partial charge is 0.317 e. The molecular formula is C6H13NO4S. The van der Waals surface area contributed by atoms with Crippen molar-refractivity contribution < 1.29 is 17.2 Å². The summed E-state index contributed by atoms with van der Waals surface area (Å²) in [7, 11) is -4.24.